The molecule has 2 N–H and O–H groups in total. The van der Waals surface area contributed by atoms with Gasteiger partial charge in [-0.1, -0.05) is 193 Å². The molecule has 0 bridgehead atoms. The first kappa shape index (κ1) is 40.1. The van der Waals surface area contributed by atoms with E-state index in [0.717, 1.165) is 12.8 Å². The molecule has 0 spiro atoms. The van der Waals surface area contributed by atoms with E-state index < -0.39 is 0 Å². The van der Waals surface area contributed by atoms with Crippen LogP contribution < -0.4 is 0 Å². The lowest BCUT2D eigenvalue weighted by atomic mass is 10.0. The minimum absolute atomic E-state index is 0.175. The van der Waals surface area contributed by atoms with Crippen molar-refractivity contribution in [3.63, 3.8) is 0 Å². The van der Waals surface area contributed by atoms with Crippen molar-refractivity contribution in [3.8, 4) is 11.5 Å². The van der Waals surface area contributed by atoms with E-state index in [9.17, 15) is 15.0 Å². The van der Waals surface area contributed by atoms with E-state index in [1.165, 1.54) is 192 Å². The van der Waals surface area contributed by atoms with Crippen LogP contribution >= 0.6 is 0 Å². The molecule has 0 atom stereocenters. The van der Waals surface area contributed by atoms with Gasteiger partial charge in [-0.25, -0.2) is 4.79 Å². The molecular formula is C40H70O4. The highest BCUT2D eigenvalue weighted by molar-refractivity contribution is 5.87. The van der Waals surface area contributed by atoms with Crippen molar-refractivity contribution in [1.29, 1.82) is 0 Å². The Morgan fingerprint density at radius 3 is 1.20 bits per heavy atom. The van der Waals surface area contributed by atoms with E-state index in [4.69, 9.17) is 4.74 Å². The molecule has 4 heteroatoms. The Morgan fingerprint density at radius 2 is 0.864 bits per heavy atom. The third kappa shape index (κ3) is 26.4. The largest absolute Gasteiger partial charge is 0.504 e. The minimum atomic E-state index is -0.377. The lowest BCUT2D eigenvalue weighted by molar-refractivity contribution is -0.137. The van der Waals surface area contributed by atoms with Gasteiger partial charge in [0.05, 0.1) is 6.61 Å². The maximum absolute atomic E-state index is 11.8. The quantitative estimate of drug-likeness (QED) is 0.0367. The lowest BCUT2D eigenvalue weighted by Crippen LogP contribution is -2.02. The summed E-state index contributed by atoms with van der Waals surface area (Å²) in [4.78, 5) is 11.8. The van der Waals surface area contributed by atoms with E-state index in [2.05, 4.69) is 6.92 Å². The van der Waals surface area contributed by atoms with Gasteiger partial charge in [-0.2, -0.15) is 0 Å². The summed E-state index contributed by atoms with van der Waals surface area (Å²) in [6, 6.07) is 4.42. The van der Waals surface area contributed by atoms with Gasteiger partial charge in [-0.05, 0) is 30.2 Å². The van der Waals surface area contributed by atoms with Gasteiger partial charge in [0.2, 0.25) is 0 Å². The molecule has 0 aromatic heterocycles. The second-order valence-corrected chi connectivity index (χ2v) is 13.1. The van der Waals surface area contributed by atoms with Crippen LogP contribution in [0.5, 0.6) is 11.5 Å². The van der Waals surface area contributed by atoms with E-state index in [1.54, 1.807) is 12.1 Å². The number of hydrogen-bond donors (Lipinski definition) is 2. The van der Waals surface area contributed by atoms with Crippen molar-refractivity contribution in [1.82, 2.24) is 0 Å². The highest BCUT2D eigenvalue weighted by Crippen LogP contribution is 2.25. The number of phenols is 2. The zero-order valence-corrected chi connectivity index (χ0v) is 28.8. The van der Waals surface area contributed by atoms with Crippen molar-refractivity contribution >= 4 is 12.0 Å². The first-order valence-electron chi connectivity index (χ1n) is 19.0. The maximum Gasteiger partial charge on any atom is 0.330 e. The molecule has 0 aliphatic rings. The Hall–Kier alpha value is -1.97. The van der Waals surface area contributed by atoms with Gasteiger partial charge >= 0.3 is 5.97 Å². The van der Waals surface area contributed by atoms with Gasteiger partial charge in [0, 0.05) is 6.08 Å². The Kier molecular flexibility index (Phi) is 28.2. The van der Waals surface area contributed by atoms with E-state index in [1.807, 2.05) is 0 Å². The number of phenolic OH excluding ortho intramolecular Hbond substituents is 2. The molecule has 0 saturated heterocycles. The summed E-state index contributed by atoms with van der Waals surface area (Å²) in [6.45, 7) is 2.74. The molecule has 0 fully saturated rings. The number of aromatic hydroxyl groups is 2. The van der Waals surface area contributed by atoms with Gasteiger partial charge in [-0.15, -0.1) is 0 Å². The predicted molar refractivity (Wildman–Crippen MR) is 189 cm³/mol. The lowest BCUT2D eigenvalue weighted by Gasteiger charge is -2.05. The predicted octanol–water partition coefficient (Wildman–Crippen LogP) is 13.0. The fourth-order valence-electron chi connectivity index (χ4n) is 5.98. The van der Waals surface area contributed by atoms with Crippen LogP contribution in [0.15, 0.2) is 24.3 Å². The summed E-state index contributed by atoms with van der Waals surface area (Å²) in [7, 11) is 0. The van der Waals surface area contributed by atoms with Crippen LogP contribution in [-0.2, 0) is 9.53 Å². The number of unbranched alkanes of at least 4 members (excludes halogenated alkanes) is 28. The van der Waals surface area contributed by atoms with Crippen LogP contribution in [0, 0.1) is 0 Å². The van der Waals surface area contributed by atoms with Crippen LogP contribution in [0.4, 0.5) is 0 Å². The van der Waals surface area contributed by atoms with E-state index >= 15 is 0 Å². The van der Waals surface area contributed by atoms with Crippen LogP contribution in [-0.4, -0.2) is 22.8 Å². The summed E-state index contributed by atoms with van der Waals surface area (Å²) in [5.74, 6) is -0.754. The molecule has 44 heavy (non-hydrogen) atoms. The summed E-state index contributed by atoms with van der Waals surface area (Å²) in [5, 5.41) is 18.8. The SMILES string of the molecule is CCCCCCCCCCCCCCCCCCCCCCCCCCCCCCCOC(=O)/C=C/c1ccc(O)c(O)c1. The second kappa shape index (κ2) is 31.0. The topological polar surface area (TPSA) is 66.8 Å². The van der Waals surface area contributed by atoms with Crippen LogP contribution in [0.3, 0.4) is 0 Å². The molecule has 0 unspecified atom stereocenters. The number of carbonyl (C=O) groups is 1. The first-order valence-corrected chi connectivity index (χ1v) is 19.0. The maximum atomic E-state index is 11.8. The van der Waals surface area contributed by atoms with Gasteiger partial charge in [0.15, 0.2) is 11.5 Å². The number of carbonyl (C=O) groups excluding carboxylic acids is 1. The molecule has 1 aromatic rings. The number of ether oxygens (including phenoxy) is 1. The minimum Gasteiger partial charge on any atom is -0.504 e. The fourth-order valence-corrected chi connectivity index (χ4v) is 5.98. The number of hydrogen-bond acceptors (Lipinski definition) is 4. The molecular weight excluding hydrogens is 544 g/mol. The summed E-state index contributed by atoms with van der Waals surface area (Å²) < 4.78 is 5.24. The monoisotopic (exact) mass is 615 g/mol. The zero-order valence-electron chi connectivity index (χ0n) is 28.8. The van der Waals surface area contributed by atoms with Crippen molar-refractivity contribution in [2.45, 2.75) is 193 Å². The third-order valence-electron chi connectivity index (χ3n) is 8.90. The van der Waals surface area contributed by atoms with Gasteiger partial charge in [-0.3, -0.25) is 0 Å². The molecule has 0 saturated carbocycles. The Bertz CT molecular complexity index is 803. The number of benzene rings is 1. The van der Waals surface area contributed by atoms with Gasteiger partial charge in [0.1, 0.15) is 0 Å². The summed E-state index contributed by atoms with van der Waals surface area (Å²) in [5.41, 5.74) is 0.637. The average Bonchev–Trinajstić information content (AvgIpc) is 3.02. The second-order valence-electron chi connectivity index (χ2n) is 13.1. The average molecular weight is 615 g/mol. The van der Waals surface area contributed by atoms with Gasteiger partial charge < -0.3 is 14.9 Å². The Labute approximate surface area is 272 Å². The smallest absolute Gasteiger partial charge is 0.330 e. The highest BCUT2D eigenvalue weighted by atomic mass is 16.5. The van der Waals surface area contributed by atoms with Crippen LogP contribution in [0.25, 0.3) is 6.08 Å². The Balaban J connectivity index is 1.70. The van der Waals surface area contributed by atoms with Gasteiger partial charge in [0.25, 0.3) is 0 Å². The molecule has 0 aliphatic carbocycles. The molecule has 4 nitrogen and oxygen atoms in total. The molecule has 0 radical (unpaired) electrons. The van der Waals surface area contributed by atoms with Crippen molar-refractivity contribution < 1.29 is 19.7 Å². The summed E-state index contributed by atoms with van der Waals surface area (Å²) in [6.07, 6.45) is 43.3. The zero-order chi connectivity index (χ0) is 31.8. The normalized spacial score (nSPS) is 11.5. The summed E-state index contributed by atoms with van der Waals surface area (Å²) >= 11 is 0. The molecule has 254 valence electrons. The van der Waals surface area contributed by atoms with Crippen molar-refractivity contribution in [2.24, 2.45) is 0 Å². The van der Waals surface area contributed by atoms with E-state index in [-0.39, 0.29) is 17.5 Å². The molecule has 0 aliphatic heterocycles. The van der Waals surface area contributed by atoms with Crippen molar-refractivity contribution in [3.05, 3.63) is 29.8 Å². The fraction of sp³-hybridized carbons (Fsp3) is 0.775. The van der Waals surface area contributed by atoms with Crippen LogP contribution in [0.1, 0.15) is 199 Å². The van der Waals surface area contributed by atoms with E-state index in [0.29, 0.717) is 12.2 Å². The standard InChI is InChI=1S/C40H70O4/c1-2-3-4-5-6-7-8-9-10-11-12-13-14-15-16-17-18-19-20-21-22-23-24-25-26-27-28-29-30-35-44-40(43)34-32-37-31-33-38(41)39(42)36-37/h31-34,36,41-42H,2-30,35H2,1H3/b34-32+. The third-order valence-corrected chi connectivity index (χ3v) is 8.90. The highest BCUT2D eigenvalue weighted by Gasteiger charge is 2.01. The molecule has 0 amide bonds. The van der Waals surface area contributed by atoms with Crippen LogP contribution in [0.2, 0.25) is 0 Å². The molecule has 1 aromatic carbocycles. The molecule has 1 rings (SSSR count). The number of esters is 1. The Morgan fingerprint density at radius 1 is 0.523 bits per heavy atom. The first-order chi connectivity index (χ1) is 21.6. The van der Waals surface area contributed by atoms with Crippen molar-refractivity contribution in [2.75, 3.05) is 6.61 Å². The number of rotatable bonds is 32. The molecule has 0 heterocycles.